The number of ether oxygens (including phenoxy) is 1. The van der Waals surface area contributed by atoms with Crippen molar-refractivity contribution in [3.63, 3.8) is 0 Å². The molecule has 3 rings (SSSR count). The summed E-state index contributed by atoms with van der Waals surface area (Å²) in [5, 5.41) is 13.4. The van der Waals surface area contributed by atoms with Crippen molar-refractivity contribution in [2.45, 2.75) is 12.5 Å². The second-order valence-electron chi connectivity index (χ2n) is 6.17. The van der Waals surface area contributed by atoms with Crippen LogP contribution in [0.2, 0.25) is 0 Å². The third-order valence-corrected chi connectivity index (χ3v) is 5.13. The number of benzene rings is 1. The Morgan fingerprint density at radius 3 is 2.80 bits per heavy atom. The lowest BCUT2D eigenvalue weighted by Crippen LogP contribution is -2.49. The summed E-state index contributed by atoms with van der Waals surface area (Å²) in [4.78, 5) is 8.95. The molecule has 5 nitrogen and oxygen atoms in total. The van der Waals surface area contributed by atoms with Crippen molar-refractivity contribution in [1.82, 2.24) is 9.88 Å². The maximum absolute atomic E-state index is 10.3. The van der Waals surface area contributed by atoms with Gasteiger partial charge in [0.05, 0.1) is 0 Å². The molecule has 0 radical (unpaired) electrons. The Labute approximate surface area is 153 Å². The average Bonchev–Trinajstić information content (AvgIpc) is 3.17. The molecule has 1 atom stereocenters. The number of β-amino-alcohol motifs (C(OH)–C–C–N with tert-alkyl or cyclic N) is 1. The SMILES string of the molecule is C=CCc1ccccc1OCC(O)CN1CCN(c2nccs2)CC1. The molecule has 6 heteroatoms. The van der Waals surface area contributed by atoms with E-state index >= 15 is 0 Å². The van der Waals surface area contributed by atoms with Crippen molar-refractivity contribution in [2.75, 3.05) is 44.2 Å². The van der Waals surface area contributed by atoms with Gasteiger partial charge in [0.25, 0.3) is 0 Å². The van der Waals surface area contributed by atoms with Crippen LogP contribution in [0.4, 0.5) is 5.13 Å². The van der Waals surface area contributed by atoms with Crippen molar-refractivity contribution in [2.24, 2.45) is 0 Å². The molecule has 1 N–H and O–H groups in total. The van der Waals surface area contributed by atoms with E-state index in [4.69, 9.17) is 4.74 Å². The summed E-state index contributed by atoms with van der Waals surface area (Å²) in [6.07, 6.45) is 3.98. The quantitative estimate of drug-likeness (QED) is 0.734. The molecule has 1 aromatic carbocycles. The van der Waals surface area contributed by atoms with Gasteiger partial charge in [-0.25, -0.2) is 4.98 Å². The minimum absolute atomic E-state index is 0.306. The van der Waals surface area contributed by atoms with Crippen molar-refractivity contribution >= 4 is 16.5 Å². The van der Waals surface area contributed by atoms with Crippen LogP contribution < -0.4 is 9.64 Å². The van der Waals surface area contributed by atoms with Crippen LogP contribution in [0.3, 0.4) is 0 Å². The Kier molecular flexibility index (Phi) is 6.44. The molecule has 2 aromatic rings. The van der Waals surface area contributed by atoms with Crippen molar-refractivity contribution < 1.29 is 9.84 Å². The highest BCUT2D eigenvalue weighted by atomic mass is 32.1. The highest BCUT2D eigenvalue weighted by Gasteiger charge is 2.20. The molecular formula is C19H25N3O2S. The number of allylic oxidation sites excluding steroid dienone is 1. The van der Waals surface area contributed by atoms with Crippen LogP contribution in [-0.4, -0.2) is 60.4 Å². The molecule has 1 fully saturated rings. The molecule has 0 amide bonds. The third-order valence-electron chi connectivity index (χ3n) is 4.30. The van der Waals surface area contributed by atoms with Crippen molar-refractivity contribution in [3.05, 3.63) is 54.1 Å². The summed E-state index contributed by atoms with van der Waals surface area (Å²) >= 11 is 1.68. The lowest BCUT2D eigenvalue weighted by Gasteiger charge is -2.35. The molecule has 0 bridgehead atoms. The molecule has 0 saturated carbocycles. The van der Waals surface area contributed by atoms with Gasteiger partial charge >= 0.3 is 0 Å². The maximum atomic E-state index is 10.3. The van der Waals surface area contributed by atoms with E-state index in [-0.39, 0.29) is 0 Å². The zero-order valence-electron chi connectivity index (χ0n) is 14.4. The van der Waals surface area contributed by atoms with Gasteiger partial charge in [-0.2, -0.15) is 0 Å². The number of piperazine rings is 1. The highest BCUT2D eigenvalue weighted by Crippen LogP contribution is 2.20. The van der Waals surface area contributed by atoms with E-state index in [1.807, 2.05) is 41.9 Å². The number of hydrogen-bond acceptors (Lipinski definition) is 6. The number of hydrogen-bond donors (Lipinski definition) is 1. The molecular weight excluding hydrogens is 334 g/mol. The average molecular weight is 359 g/mol. The molecule has 1 aliphatic heterocycles. The molecule has 1 saturated heterocycles. The molecule has 0 aliphatic carbocycles. The van der Waals surface area contributed by atoms with E-state index in [1.165, 1.54) is 0 Å². The molecule has 1 unspecified atom stereocenters. The lowest BCUT2D eigenvalue weighted by molar-refractivity contribution is 0.0660. The van der Waals surface area contributed by atoms with Crippen molar-refractivity contribution in [3.8, 4) is 5.75 Å². The minimum Gasteiger partial charge on any atom is -0.491 e. The maximum Gasteiger partial charge on any atom is 0.185 e. The number of thiazole rings is 1. The fraction of sp³-hybridized carbons (Fsp3) is 0.421. The van der Waals surface area contributed by atoms with E-state index < -0.39 is 6.10 Å². The van der Waals surface area contributed by atoms with Gasteiger partial charge in [0.15, 0.2) is 5.13 Å². The normalized spacial score (nSPS) is 16.6. The number of aliphatic hydroxyl groups is 1. The fourth-order valence-electron chi connectivity index (χ4n) is 3.00. The minimum atomic E-state index is -0.497. The predicted octanol–water partition coefficient (Wildman–Crippen LogP) is 2.43. The van der Waals surface area contributed by atoms with Crippen LogP contribution in [0.1, 0.15) is 5.56 Å². The van der Waals surface area contributed by atoms with Gasteiger partial charge in [-0.15, -0.1) is 17.9 Å². The summed E-state index contributed by atoms with van der Waals surface area (Å²) < 4.78 is 5.83. The first-order valence-electron chi connectivity index (χ1n) is 8.62. The zero-order valence-corrected chi connectivity index (χ0v) is 15.2. The summed E-state index contributed by atoms with van der Waals surface area (Å²) in [6.45, 7) is 8.48. The van der Waals surface area contributed by atoms with Crippen LogP contribution in [0.15, 0.2) is 48.5 Å². The van der Waals surface area contributed by atoms with E-state index in [2.05, 4.69) is 21.4 Å². The van der Waals surface area contributed by atoms with Gasteiger partial charge in [-0.05, 0) is 18.1 Å². The molecule has 1 aromatic heterocycles. The number of rotatable bonds is 8. The Bertz CT molecular complexity index is 654. The second-order valence-corrected chi connectivity index (χ2v) is 7.04. The summed E-state index contributed by atoms with van der Waals surface area (Å²) in [5.41, 5.74) is 1.10. The first-order valence-corrected chi connectivity index (χ1v) is 9.50. The monoisotopic (exact) mass is 359 g/mol. The van der Waals surface area contributed by atoms with E-state index in [0.717, 1.165) is 49.0 Å². The van der Waals surface area contributed by atoms with Crippen LogP contribution in [-0.2, 0) is 6.42 Å². The van der Waals surface area contributed by atoms with Crippen LogP contribution in [0.25, 0.3) is 0 Å². The smallest absolute Gasteiger partial charge is 0.185 e. The highest BCUT2D eigenvalue weighted by molar-refractivity contribution is 7.13. The third kappa shape index (κ3) is 5.04. The topological polar surface area (TPSA) is 48.8 Å². The van der Waals surface area contributed by atoms with Crippen LogP contribution >= 0.6 is 11.3 Å². The Morgan fingerprint density at radius 2 is 2.08 bits per heavy atom. The number of anilines is 1. The van der Waals surface area contributed by atoms with Gasteiger partial charge in [-0.3, -0.25) is 4.90 Å². The number of aliphatic hydroxyl groups excluding tert-OH is 1. The van der Waals surface area contributed by atoms with Gasteiger partial charge in [0.1, 0.15) is 18.5 Å². The van der Waals surface area contributed by atoms with Gasteiger partial charge in [0.2, 0.25) is 0 Å². The predicted molar refractivity (Wildman–Crippen MR) is 103 cm³/mol. The van der Waals surface area contributed by atoms with Gasteiger partial charge in [0, 0.05) is 44.3 Å². The molecule has 25 heavy (non-hydrogen) atoms. The summed E-state index contributed by atoms with van der Waals surface area (Å²) in [5.74, 6) is 0.829. The first-order chi connectivity index (χ1) is 12.3. The number of para-hydroxylation sites is 1. The number of aromatic nitrogens is 1. The first kappa shape index (κ1) is 17.9. The molecule has 1 aliphatic rings. The summed E-state index contributed by atoms with van der Waals surface area (Å²) in [7, 11) is 0. The Hall–Kier alpha value is -1.89. The van der Waals surface area contributed by atoms with Gasteiger partial charge in [-0.1, -0.05) is 24.3 Å². The van der Waals surface area contributed by atoms with Gasteiger partial charge < -0.3 is 14.7 Å². The van der Waals surface area contributed by atoms with Crippen LogP contribution in [0, 0.1) is 0 Å². The fourth-order valence-corrected chi connectivity index (χ4v) is 3.70. The molecule has 2 heterocycles. The molecule has 134 valence electrons. The zero-order chi connectivity index (χ0) is 17.5. The Balaban J connectivity index is 1.43. The summed E-state index contributed by atoms with van der Waals surface area (Å²) in [6, 6.07) is 7.91. The van der Waals surface area contributed by atoms with E-state index in [1.54, 1.807) is 11.3 Å². The van der Waals surface area contributed by atoms with E-state index in [9.17, 15) is 5.11 Å². The largest absolute Gasteiger partial charge is 0.491 e. The lowest BCUT2D eigenvalue weighted by atomic mass is 10.1. The van der Waals surface area contributed by atoms with E-state index in [0.29, 0.717) is 13.2 Å². The standard InChI is InChI=1S/C19H25N3O2S/c1-2-5-16-6-3-4-7-18(16)24-15-17(23)14-21-9-11-22(12-10-21)19-20-8-13-25-19/h2-4,6-8,13,17,23H,1,5,9-12,14-15H2. The van der Waals surface area contributed by atoms with Crippen LogP contribution in [0.5, 0.6) is 5.75 Å². The second kappa shape index (κ2) is 8.99. The Morgan fingerprint density at radius 1 is 1.28 bits per heavy atom. The number of nitrogens with zero attached hydrogens (tertiary/aromatic N) is 3. The molecule has 0 spiro atoms. The van der Waals surface area contributed by atoms with Crippen molar-refractivity contribution in [1.29, 1.82) is 0 Å².